The van der Waals surface area contributed by atoms with Crippen LogP contribution in [0.2, 0.25) is 5.02 Å². The van der Waals surface area contributed by atoms with E-state index in [9.17, 15) is 0 Å². The quantitative estimate of drug-likeness (QED) is 0.911. The molecular formula is C16H25ClN2. The monoisotopic (exact) mass is 280 g/mol. The minimum absolute atomic E-state index is 0.132. The molecule has 1 fully saturated rings. The van der Waals surface area contributed by atoms with Gasteiger partial charge in [0.15, 0.2) is 0 Å². The Labute approximate surface area is 121 Å². The van der Waals surface area contributed by atoms with Crippen molar-refractivity contribution in [2.45, 2.75) is 39.3 Å². The summed E-state index contributed by atoms with van der Waals surface area (Å²) in [5.41, 5.74) is 7.51. The van der Waals surface area contributed by atoms with Crippen LogP contribution in [0.5, 0.6) is 0 Å². The van der Waals surface area contributed by atoms with E-state index in [1.165, 1.54) is 12.0 Å². The van der Waals surface area contributed by atoms with E-state index in [2.05, 4.69) is 37.8 Å². The Hall–Kier alpha value is -0.570. The third-order valence-electron chi connectivity index (χ3n) is 4.30. The summed E-state index contributed by atoms with van der Waals surface area (Å²) in [6.45, 7) is 9.04. The third-order valence-corrected chi connectivity index (χ3v) is 4.55. The first kappa shape index (κ1) is 14.8. The highest BCUT2D eigenvalue weighted by molar-refractivity contribution is 6.30. The molecule has 3 heteroatoms. The predicted molar refractivity (Wildman–Crippen MR) is 82.4 cm³/mol. The molecule has 2 nitrogen and oxygen atoms in total. The van der Waals surface area contributed by atoms with Crippen molar-refractivity contribution in [1.82, 2.24) is 4.90 Å². The van der Waals surface area contributed by atoms with Crippen LogP contribution in [-0.4, -0.2) is 24.0 Å². The highest BCUT2D eigenvalue weighted by Gasteiger charge is 2.32. The zero-order valence-electron chi connectivity index (χ0n) is 12.1. The smallest absolute Gasteiger partial charge is 0.0496 e. The van der Waals surface area contributed by atoms with Crippen molar-refractivity contribution < 1.29 is 0 Å². The molecule has 2 N–H and O–H groups in total. The summed E-state index contributed by atoms with van der Waals surface area (Å²) in [5.74, 6) is 1.55. The molecule has 1 saturated heterocycles. The lowest BCUT2D eigenvalue weighted by atomic mass is 9.95. The molecule has 3 unspecified atom stereocenters. The van der Waals surface area contributed by atoms with E-state index >= 15 is 0 Å². The third kappa shape index (κ3) is 3.50. The van der Waals surface area contributed by atoms with Gasteiger partial charge in [0.25, 0.3) is 0 Å². The van der Waals surface area contributed by atoms with E-state index in [0.29, 0.717) is 6.04 Å². The number of halogens is 1. The second-order valence-corrected chi connectivity index (χ2v) is 6.58. The van der Waals surface area contributed by atoms with Crippen LogP contribution < -0.4 is 5.73 Å². The standard InChI is InChI=1S/C16H25ClN2/c1-11(2)14-8-9-19(10-14)16(12(3)18)13-4-6-15(17)7-5-13/h4-7,11-12,14,16H,8-10,18H2,1-3H3. The molecule has 0 radical (unpaired) electrons. The van der Waals surface area contributed by atoms with Gasteiger partial charge < -0.3 is 5.73 Å². The van der Waals surface area contributed by atoms with Gasteiger partial charge in [-0.05, 0) is 49.4 Å². The van der Waals surface area contributed by atoms with Gasteiger partial charge in [-0.15, -0.1) is 0 Å². The van der Waals surface area contributed by atoms with Crippen LogP contribution in [0, 0.1) is 11.8 Å². The van der Waals surface area contributed by atoms with Gasteiger partial charge in [0.05, 0.1) is 0 Å². The van der Waals surface area contributed by atoms with Gasteiger partial charge in [0.1, 0.15) is 0 Å². The molecule has 0 amide bonds. The zero-order valence-corrected chi connectivity index (χ0v) is 12.9. The molecule has 1 aromatic carbocycles. The van der Waals surface area contributed by atoms with Crippen molar-refractivity contribution in [2.75, 3.05) is 13.1 Å². The van der Waals surface area contributed by atoms with Crippen LogP contribution in [0.25, 0.3) is 0 Å². The highest BCUT2D eigenvalue weighted by atomic mass is 35.5. The first-order valence-corrected chi connectivity index (χ1v) is 7.62. The summed E-state index contributed by atoms with van der Waals surface area (Å²) < 4.78 is 0. The van der Waals surface area contributed by atoms with Crippen molar-refractivity contribution >= 4 is 11.6 Å². The first-order valence-electron chi connectivity index (χ1n) is 7.24. The molecule has 2 rings (SSSR count). The number of nitrogens with two attached hydrogens (primary N) is 1. The second-order valence-electron chi connectivity index (χ2n) is 6.14. The van der Waals surface area contributed by atoms with Gasteiger partial charge in [-0.2, -0.15) is 0 Å². The summed E-state index contributed by atoms with van der Waals surface area (Å²) in [4.78, 5) is 2.54. The number of rotatable bonds is 4. The number of hydrogen-bond acceptors (Lipinski definition) is 2. The number of likely N-dealkylation sites (tertiary alicyclic amines) is 1. The lowest BCUT2D eigenvalue weighted by Gasteiger charge is -2.31. The van der Waals surface area contributed by atoms with Gasteiger partial charge in [-0.1, -0.05) is 37.6 Å². The minimum atomic E-state index is 0.132. The van der Waals surface area contributed by atoms with E-state index in [4.69, 9.17) is 17.3 Å². The van der Waals surface area contributed by atoms with Gasteiger partial charge in [0.2, 0.25) is 0 Å². The molecule has 0 aromatic heterocycles. The fourth-order valence-electron chi connectivity index (χ4n) is 3.12. The van der Waals surface area contributed by atoms with Crippen molar-refractivity contribution in [1.29, 1.82) is 0 Å². The van der Waals surface area contributed by atoms with Crippen LogP contribution in [0.3, 0.4) is 0 Å². The summed E-state index contributed by atoms with van der Waals surface area (Å²) in [6.07, 6.45) is 1.29. The Morgan fingerprint density at radius 1 is 1.21 bits per heavy atom. The van der Waals surface area contributed by atoms with E-state index in [0.717, 1.165) is 29.9 Å². The molecule has 1 heterocycles. The molecule has 0 spiro atoms. The average Bonchev–Trinajstić information content (AvgIpc) is 2.81. The summed E-state index contributed by atoms with van der Waals surface area (Å²) in [7, 11) is 0. The largest absolute Gasteiger partial charge is 0.326 e. The summed E-state index contributed by atoms with van der Waals surface area (Å²) >= 11 is 5.98. The van der Waals surface area contributed by atoms with E-state index < -0.39 is 0 Å². The average molecular weight is 281 g/mol. The second kappa shape index (κ2) is 6.25. The maximum atomic E-state index is 6.23. The first-order chi connectivity index (χ1) is 8.99. The van der Waals surface area contributed by atoms with Gasteiger partial charge in [-0.3, -0.25) is 4.90 Å². The molecule has 1 aliphatic heterocycles. The molecule has 0 aliphatic carbocycles. The number of hydrogen-bond donors (Lipinski definition) is 1. The lowest BCUT2D eigenvalue weighted by Crippen LogP contribution is -2.38. The molecule has 0 saturated carbocycles. The molecule has 1 aromatic rings. The molecule has 3 atom stereocenters. The number of nitrogens with zero attached hydrogens (tertiary/aromatic N) is 1. The Kier molecular flexibility index (Phi) is 4.88. The number of benzene rings is 1. The topological polar surface area (TPSA) is 29.3 Å². The normalized spacial score (nSPS) is 23.8. The molecular weight excluding hydrogens is 256 g/mol. The van der Waals surface area contributed by atoms with Crippen molar-refractivity contribution in [3.8, 4) is 0 Å². The van der Waals surface area contributed by atoms with Crippen LogP contribution in [0.4, 0.5) is 0 Å². The van der Waals surface area contributed by atoms with E-state index in [1.54, 1.807) is 0 Å². The molecule has 106 valence electrons. The van der Waals surface area contributed by atoms with Crippen molar-refractivity contribution in [2.24, 2.45) is 17.6 Å². The highest BCUT2D eigenvalue weighted by Crippen LogP contribution is 2.32. The fourth-order valence-corrected chi connectivity index (χ4v) is 3.25. The maximum absolute atomic E-state index is 6.23. The van der Waals surface area contributed by atoms with Crippen LogP contribution in [0.1, 0.15) is 38.8 Å². The Morgan fingerprint density at radius 2 is 1.84 bits per heavy atom. The van der Waals surface area contributed by atoms with Gasteiger partial charge in [0, 0.05) is 23.7 Å². The lowest BCUT2D eigenvalue weighted by molar-refractivity contribution is 0.204. The van der Waals surface area contributed by atoms with E-state index in [-0.39, 0.29) is 6.04 Å². The van der Waals surface area contributed by atoms with E-state index in [1.807, 2.05) is 12.1 Å². The Bertz CT molecular complexity index is 400. The Morgan fingerprint density at radius 3 is 2.32 bits per heavy atom. The van der Waals surface area contributed by atoms with Crippen LogP contribution in [0.15, 0.2) is 24.3 Å². The van der Waals surface area contributed by atoms with Crippen molar-refractivity contribution in [3.05, 3.63) is 34.9 Å². The Balaban J connectivity index is 2.15. The zero-order chi connectivity index (χ0) is 14.0. The molecule has 1 aliphatic rings. The van der Waals surface area contributed by atoms with Crippen LogP contribution in [-0.2, 0) is 0 Å². The van der Waals surface area contributed by atoms with Gasteiger partial charge in [-0.25, -0.2) is 0 Å². The predicted octanol–water partition coefficient (Wildman–Crippen LogP) is 3.71. The van der Waals surface area contributed by atoms with Crippen molar-refractivity contribution in [3.63, 3.8) is 0 Å². The minimum Gasteiger partial charge on any atom is -0.326 e. The summed E-state index contributed by atoms with van der Waals surface area (Å²) in [5, 5.41) is 0.786. The van der Waals surface area contributed by atoms with Gasteiger partial charge >= 0.3 is 0 Å². The van der Waals surface area contributed by atoms with Crippen LogP contribution >= 0.6 is 11.6 Å². The summed E-state index contributed by atoms with van der Waals surface area (Å²) in [6, 6.07) is 8.58. The SMILES string of the molecule is CC(C)C1CCN(C(c2ccc(Cl)cc2)C(C)N)C1. The fraction of sp³-hybridized carbons (Fsp3) is 0.625. The molecule has 19 heavy (non-hydrogen) atoms. The molecule has 0 bridgehead atoms. The maximum Gasteiger partial charge on any atom is 0.0496 e.